The highest BCUT2D eigenvalue weighted by Gasteiger charge is 2.30. The topological polar surface area (TPSA) is 49.4 Å². The van der Waals surface area contributed by atoms with Crippen molar-refractivity contribution in [1.29, 1.82) is 0 Å². The molecule has 4 nitrogen and oxygen atoms in total. The van der Waals surface area contributed by atoms with Crippen molar-refractivity contribution < 1.29 is 9.59 Å². The van der Waals surface area contributed by atoms with Gasteiger partial charge in [-0.15, -0.1) is 0 Å². The summed E-state index contributed by atoms with van der Waals surface area (Å²) in [6.45, 7) is 7.74. The Kier molecular flexibility index (Phi) is 6.21. The van der Waals surface area contributed by atoms with Gasteiger partial charge in [-0.3, -0.25) is 15.0 Å². The van der Waals surface area contributed by atoms with Crippen LogP contribution in [0.5, 0.6) is 0 Å². The lowest BCUT2D eigenvalue weighted by molar-refractivity contribution is 0.0357. The molecule has 1 N–H and O–H groups in total. The maximum absolute atomic E-state index is 13.0. The van der Waals surface area contributed by atoms with Crippen LogP contribution in [0.4, 0.5) is 0 Å². The Morgan fingerprint density at radius 1 is 1.04 bits per heavy atom. The van der Waals surface area contributed by atoms with Crippen molar-refractivity contribution in [2.45, 2.75) is 39.7 Å². The Balaban J connectivity index is 2.27. The number of rotatable bonds is 3. The van der Waals surface area contributed by atoms with E-state index in [4.69, 9.17) is 0 Å². The average molecular weight is 450 g/mol. The van der Waals surface area contributed by atoms with E-state index in [0.29, 0.717) is 11.1 Å². The van der Waals surface area contributed by atoms with Crippen molar-refractivity contribution in [3.63, 3.8) is 0 Å². The molecule has 0 atom stereocenters. The number of carbonyl (C=O) groups is 2. The summed E-state index contributed by atoms with van der Waals surface area (Å²) in [5.74, 6) is -0.520. The predicted molar refractivity (Wildman–Crippen MR) is 108 cm³/mol. The number of hydrogen-bond donors (Lipinski definition) is 1. The van der Waals surface area contributed by atoms with Gasteiger partial charge in [0.25, 0.3) is 11.8 Å². The summed E-state index contributed by atoms with van der Waals surface area (Å²) in [5.41, 5.74) is 4.48. The molecule has 0 saturated heterocycles. The van der Waals surface area contributed by atoms with Crippen LogP contribution in [-0.2, 0) is 6.42 Å². The second-order valence-corrected chi connectivity index (χ2v) is 7.94. The number of aryl methyl sites for hydroxylation is 1. The Bertz CT molecular complexity index is 764. The molecule has 0 spiro atoms. The third kappa shape index (κ3) is 4.81. The zero-order chi connectivity index (χ0) is 18.6. The molecule has 2 rings (SSSR count). The van der Waals surface area contributed by atoms with E-state index in [2.05, 4.69) is 34.9 Å². The summed E-state index contributed by atoms with van der Waals surface area (Å²) in [6, 6.07) is 14.8. The first-order chi connectivity index (χ1) is 11.7. The van der Waals surface area contributed by atoms with Crippen LogP contribution in [0.1, 0.15) is 54.0 Å². The molecule has 0 aliphatic heterocycles. The fourth-order valence-electron chi connectivity index (χ4n) is 2.34. The lowest BCUT2D eigenvalue weighted by Gasteiger charge is -2.35. The summed E-state index contributed by atoms with van der Waals surface area (Å²) in [7, 11) is 0. The fraction of sp³-hybridized carbons (Fsp3) is 0.300. The number of benzene rings is 2. The minimum Gasteiger partial charge on any atom is -0.267 e. The molecule has 132 valence electrons. The molecular formula is C20H23IN2O2. The number of hydrazine groups is 1. The first-order valence-corrected chi connectivity index (χ1v) is 9.31. The second kappa shape index (κ2) is 7.99. The zero-order valence-corrected chi connectivity index (χ0v) is 17.1. The monoisotopic (exact) mass is 450 g/mol. The van der Waals surface area contributed by atoms with E-state index in [9.17, 15) is 9.59 Å². The average Bonchev–Trinajstić information content (AvgIpc) is 2.58. The molecule has 0 aliphatic carbocycles. The van der Waals surface area contributed by atoms with E-state index in [1.54, 1.807) is 18.2 Å². The number of amides is 2. The van der Waals surface area contributed by atoms with Crippen LogP contribution in [0.15, 0.2) is 48.5 Å². The Morgan fingerprint density at radius 2 is 1.64 bits per heavy atom. The van der Waals surface area contributed by atoms with E-state index < -0.39 is 5.54 Å². The van der Waals surface area contributed by atoms with Gasteiger partial charge >= 0.3 is 0 Å². The van der Waals surface area contributed by atoms with Gasteiger partial charge in [0, 0.05) is 9.13 Å². The van der Waals surface area contributed by atoms with Crippen molar-refractivity contribution >= 4 is 34.4 Å². The number of nitrogens with zero attached hydrogens (tertiary/aromatic N) is 1. The summed E-state index contributed by atoms with van der Waals surface area (Å²) in [5, 5.41) is 1.40. The van der Waals surface area contributed by atoms with Crippen molar-refractivity contribution in [1.82, 2.24) is 10.4 Å². The van der Waals surface area contributed by atoms with Gasteiger partial charge in [-0.1, -0.05) is 31.2 Å². The first kappa shape index (κ1) is 19.4. The third-order valence-corrected chi connectivity index (χ3v) is 4.76. The second-order valence-electron chi connectivity index (χ2n) is 6.78. The Hall–Kier alpha value is -1.89. The van der Waals surface area contributed by atoms with Crippen molar-refractivity contribution in [3.8, 4) is 0 Å². The molecule has 2 aromatic carbocycles. The number of halogens is 1. The van der Waals surface area contributed by atoms with Gasteiger partial charge < -0.3 is 0 Å². The first-order valence-electron chi connectivity index (χ1n) is 8.23. The van der Waals surface area contributed by atoms with Crippen LogP contribution in [0.25, 0.3) is 0 Å². The normalized spacial score (nSPS) is 11.1. The van der Waals surface area contributed by atoms with Gasteiger partial charge in [0.1, 0.15) is 0 Å². The van der Waals surface area contributed by atoms with Crippen LogP contribution >= 0.6 is 22.6 Å². The molecule has 0 unspecified atom stereocenters. The summed E-state index contributed by atoms with van der Waals surface area (Å²) in [4.78, 5) is 25.6. The molecular weight excluding hydrogens is 427 g/mol. The lowest BCUT2D eigenvalue weighted by atomic mass is 10.1. The Labute approximate surface area is 162 Å². The van der Waals surface area contributed by atoms with Gasteiger partial charge in [-0.25, -0.2) is 5.01 Å². The molecule has 0 saturated carbocycles. The fourth-order valence-corrected chi connectivity index (χ4v) is 2.95. The summed E-state index contributed by atoms with van der Waals surface area (Å²) < 4.78 is 0.848. The standard InChI is InChI=1S/C20H23IN2O2/c1-5-14-10-12-15(13-11-14)18(24)22-23(20(2,3)4)19(25)16-8-6-7-9-17(16)21/h6-13H,5H2,1-4H3,(H,22,24). The SMILES string of the molecule is CCc1ccc(C(=O)NN(C(=O)c2ccccc2I)C(C)(C)C)cc1. The largest absolute Gasteiger partial charge is 0.273 e. The highest BCUT2D eigenvalue weighted by atomic mass is 127. The quantitative estimate of drug-likeness (QED) is 0.556. The van der Waals surface area contributed by atoms with Gasteiger partial charge in [0.2, 0.25) is 0 Å². The van der Waals surface area contributed by atoms with Crippen LogP contribution < -0.4 is 5.43 Å². The number of carbonyl (C=O) groups excluding carboxylic acids is 2. The molecule has 0 aliphatic rings. The van der Waals surface area contributed by atoms with Gasteiger partial charge in [0.15, 0.2) is 0 Å². The maximum atomic E-state index is 13.0. The van der Waals surface area contributed by atoms with Crippen molar-refractivity contribution in [3.05, 3.63) is 68.8 Å². The van der Waals surface area contributed by atoms with Crippen LogP contribution in [0.3, 0.4) is 0 Å². The van der Waals surface area contributed by atoms with Gasteiger partial charge in [-0.05, 0) is 79.6 Å². The molecule has 2 amide bonds. The number of nitrogens with one attached hydrogen (secondary N) is 1. The van der Waals surface area contributed by atoms with Crippen LogP contribution in [0.2, 0.25) is 0 Å². The summed E-state index contributed by atoms with van der Waals surface area (Å²) in [6.07, 6.45) is 0.918. The van der Waals surface area contributed by atoms with Gasteiger partial charge in [-0.2, -0.15) is 0 Å². The minimum absolute atomic E-state index is 0.226. The molecule has 0 heterocycles. The van der Waals surface area contributed by atoms with E-state index in [0.717, 1.165) is 9.99 Å². The Morgan fingerprint density at radius 3 is 2.16 bits per heavy atom. The molecule has 0 radical (unpaired) electrons. The van der Waals surface area contributed by atoms with Crippen LogP contribution in [0, 0.1) is 3.57 Å². The smallest absolute Gasteiger partial charge is 0.267 e. The molecule has 2 aromatic rings. The third-order valence-electron chi connectivity index (χ3n) is 3.82. The molecule has 0 aromatic heterocycles. The predicted octanol–water partition coefficient (Wildman–Crippen LogP) is 4.44. The van der Waals surface area contributed by atoms with E-state index >= 15 is 0 Å². The van der Waals surface area contributed by atoms with Gasteiger partial charge in [0.05, 0.1) is 11.1 Å². The summed E-state index contributed by atoms with van der Waals surface area (Å²) >= 11 is 2.13. The maximum Gasteiger partial charge on any atom is 0.273 e. The van der Waals surface area contributed by atoms with Crippen LogP contribution in [-0.4, -0.2) is 22.4 Å². The zero-order valence-electron chi connectivity index (χ0n) is 15.0. The van der Waals surface area contributed by atoms with E-state index in [-0.39, 0.29) is 11.8 Å². The highest BCUT2D eigenvalue weighted by molar-refractivity contribution is 14.1. The van der Waals surface area contributed by atoms with Crippen molar-refractivity contribution in [2.75, 3.05) is 0 Å². The highest BCUT2D eigenvalue weighted by Crippen LogP contribution is 2.19. The van der Waals surface area contributed by atoms with E-state index in [1.807, 2.05) is 51.1 Å². The van der Waals surface area contributed by atoms with Crippen molar-refractivity contribution in [2.24, 2.45) is 0 Å². The minimum atomic E-state index is -0.560. The molecule has 5 heteroatoms. The molecule has 0 fully saturated rings. The van der Waals surface area contributed by atoms with E-state index in [1.165, 1.54) is 10.6 Å². The molecule has 25 heavy (non-hydrogen) atoms. The molecule has 0 bridgehead atoms. The number of hydrogen-bond acceptors (Lipinski definition) is 2. The lowest BCUT2D eigenvalue weighted by Crippen LogP contribution is -2.56.